The number of hydrogen-bond acceptors (Lipinski definition) is 4. The SMILES string of the molecule is CCOc1cccc2cc(C(=O)/C=C/c3ccc(Br)cc3)c(=O)oc12. The van der Waals surface area contributed by atoms with E-state index in [9.17, 15) is 9.59 Å². The van der Waals surface area contributed by atoms with E-state index in [0.717, 1.165) is 10.0 Å². The first-order valence-electron chi connectivity index (χ1n) is 7.76. The van der Waals surface area contributed by atoms with E-state index in [4.69, 9.17) is 9.15 Å². The lowest BCUT2D eigenvalue weighted by molar-refractivity contribution is 0.104. The number of halogens is 1. The second-order valence-corrected chi connectivity index (χ2v) is 6.22. The van der Waals surface area contributed by atoms with Crippen molar-refractivity contribution in [1.29, 1.82) is 0 Å². The topological polar surface area (TPSA) is 56.5 Å². The zero-order chi connectivity index (χ0) is 17.8. The highest BCUT2D eigenvalue weighted by Gasteiger charge is 2.13. The Morgan fingerprint density at radius 2 is 1.96 bits per heavy atom. The highest BCUT2D eigenvalue weighted by Crippen LogP contribution is 2.25. The molecule has 0 saturated heterocycles. The van der Waals surface area contributed by atoms with Crippen molar-refractivity contribution in [2.24, 2.45) is 0 Å². The maximum absolute atomic E-state index is 12.4. The predicted octanol–water partition coefficient (Wildman–Crippen LogP) is 4.85. The van der Waals surface area contributed by atoms with Crippen molar-refractivity contribution in [3.63, 3.8) is 0 Å². The van der Waals surface area contributed by atoms with Gasteiger partial charge in [0.1, 0.15) is 5.56 Å². The molecule has 4 nitrogen and oxygen atoms in total. The van der Waals surface area contributed by atoms with E-state index in [1.54, 1.807) is 24.3 Å². The van der Waals surface area contributed by atoms with Gasteiger partial charge in [-0.25, -0.2) is 4.79 Å². The zero-order valence-electron chi connectivity index (χ0n) is 13.5. The second kappa shape index (κ2) is 7.49. The molecule has 3 rings (SSSR count). The molecule has 25 heavy (non-hydrogen) atoms. The number of fused-ring (bicyclic) bond motifs is 1. The van der Waals surface area contributed by atoms with E-state index >= 15 is 0 Å². The molecule has 0 amide bonds. The highest BCUT2D eigenvalue weighted by molar-refractivity contribution is 9.10. The van der Waals surface area contributed by atoms with Crippen molar-refractivity contribution in [2.75, 3.05) is 6.61 Å². The fourth-order valence-electron chi connectivity index (χ4n) is 2.39. The summed E-state index contributed by atoms with van der Waals surface area (Å²) in [5.74, 6) is 0.0851. The molecule has 0 unspecified atom stereocenters. The van der Waals surface area contributed by atoms with Crippen molar-refractivity contribution >= 4 is 38.8 Å². The van der Waals surface area contributed by atoms with Crippen LogP contribution in [0.5, 0.6) is 5.75 Å². The van der Waals surface area contributed by atoms with Crippen LogP contribution in [0.15, 0.2) is 68.3 Å². The van der Waals surface area contributed by atoms with Gasteiger partial charge in [0.2, 0.25) is 0 Å². The van der Waals surface area contributed by atoms with Crippen molar-refractivity contribution in [2.45, 2.75) is 6.92 Å². The first kappa shape index (κ1) is 17.2. The molecule has 126 valence electrons. The molecule has 0 aliphatic rings. The van der Waals surface area contributed by atoms with E-state index < -0.39 is 11.4 Å². The minimum absolute atomic E-state index is 0.00508. The van der Waals surface area contributed by atoms with Crippen molar-refractivity contribution in [3.05, 3.63) is 80.6 Å². The molecule has 0 bridgehead atoms. The molecule has 1 aromatic heterocycles. The Hall–Kier alpha value is -2.66. The van der Waals surface area contributed by atoms with E-state index in [2.05, 4.69) is 15.9 Å². The molecular formula is C20H15BrO4. The van der Waals surface area contributed by atoms with Crippen LogP contribution in [0.2, 0.25) is 0 Å². The molecule has 0 N–H and O–H groups in total. The fourth-order valence-corrected chi connectivity index (χ4v) is 2.66. The molecule has 0 spiro atoms. The van der Waals surface area contributed by atoms with Gasteiger partial charge in [0.25, 0.3) is 0 Å². The molecule has 2 aromatic carbocycles. The Morgan fingerprint density at radius 1 is 1.20 bits per heavy atom. The number of carbonyl (C=O) groups excluding carboxylic acids is 1. The van der Waals surface area contributed by atoms with E-state index in [-0.39, 0.29) is 5.56 Å². The summed E-state index contributed by atoms with van der Waals surface area (Å²) < 4.78 is 11.7. The van der Waals surface area contributed by atoms with Gasteiger partial charge in [-0.15, -0.1) is 0 Å². The third kappa shape index (κ3) is 3.88. The van der Waals surface area contributed by atoms with Crippen LogP contribution in [-0.4, -0.2) is 12.4 Å². The first-order valence-corrected chi connectivity index (χ1v) is 8.55. The molecule has 5 heteroatoms. The van der Waals surface area contributed by atoms with Gasteiger partial charge in [-0.2, -0.15) is 0 Å². The fraction of sp³-hybridized carbons (Fsp3) is 0.100. The Labute approximate surface area is 152 Å². The Bertz CT molecular complexity index is 1000. The van der Waals surface area contributed by atoms with Crippen LogP contribution in [0.1, 0.15) is 22.8 Å². The summed E-state index contributed by atoms with van der Waals surface area (Å²) in [6.45, 7) is 2.31. The predicted molar refractivity (Wildman–Crippen MR) is 101 cm³/mol. The lowest BCUT2D eigenvalue weighted by Crippen LogP contribution is -2.12. The molecule has 3 aromatic rings. The maximum atomic E-state index is 12.4. The number of para-hydroxylation sites is 1. The molecule has 0 fully saturated rings. The van der Waals surface area contributed by atoms with Crippen molar-refractivity contribution in [3.8, 4) is 5.75 Å². The molecule has 0 radical (unpaired) electrons. The molecule has 0 atom stereocenters. The van der Waals surface area contributed by atoms with Crippen LogP contribution in [0, 0.1) is 0 Å². The number of rotatable bonds is 5. The Kier molecular flexibility index (Phi) is 5.14. The lowest BCUT2D eigenvalue weighted by atomic mass is 10.1. The van der Waals surface area contributed by atoms with Crippen LogP contribution in [-0.2, 0) is 0 Å². The number of hydrogen-bond donors (Lipinski definition) is 0. The summed E-state index contributed by atoms with van der Waals surface area (Å²) in [5, 5.41) is 0.644. The van der Waals surface area contributed by atoms with Gasteiger partial charge < -0.3 is 9.15 Å². The average Bonchev–Trinajstić information content (AvgIpc) is 2.61. The monoisotopic (exact) mass is 398 g/mol. The van der Waals surface area contributed by atoms with Crippen LogP contribution >= 0.6 is 15.9 Å². The normalized spacial score (nSPS) is 11.1. The van der Waals surface area contributed by atoms with Gasteiger partial charge in [0, 0.05) is 9.86 Å². The summed E-state index contributed by atoms with van der Waals surface area (Å²) in [4.78, 5) is 24.6. The van der Waals surface area contributed by atoms with E-state index in [1.807, 2.05) is 31.2 Å². The van der Waals surface area contributed by atoms with Gasteiger partial charge >= 0.3 is 5.63 Å². The van der Waals surface area contributed by atoms with Crippen LogP contribution in [0.4, 0.5) is 0 Å². The molecular weight excluding hydrogens is 384 g/mol. The number of allylic oxidation sites excluding steroid dienone is 1. The maximum Gasteiger partial charge on any atom is 0.347 e. The van der Waals surface area contributed by atoms with Crippen LogP contribution in [0.3, 0.4) is 0 Å². The third-order valence-electron chi connectivity index (χ3n) is 3.59. The van der Waals surface area contributed by atoms with E-state index in [1.165, 1.54) is 12.1 Å². The summed E-state index contributed by atoms with van der Waals surface area (Å²) in [7, 11) is 0. The summed E-state index contributed by atoms with van der Waals surface area (Å²) in [6, 6.07) is 14.3. The minimum Gasteiger partial charge on any atom is -0.490 e. The third-order valence-corrected chi connectivity index (χ3v) is 4.12. The van der Waals surface area contributed by atoms with Gasteiger partial charge in [0.15, 0.2) is 17.1 Å². The second-order valence-electron chi connectivity index (χ2n) is 5.30. The molecule has 1 heterocycles. The number of ether oxygens (including phenoxy) is 1. The molecule has 0 saturated carbocycles. The summed E-state index contributed by atoms with van der Waals surface area (Å²) >= 11 is 3.36. The largest absolute Gasteiger partial charge is 0.490 e. The van der Waals surface area contributed by atoms with Gasteiger partial charge in [-0.1, -0.05) is 46.3 Å². The summed E-state index contributed by atoms with van der Waals surface area (Å²) in [5.41, 5.74) is 0.530. The van der Waals surface area contributed by atoms with Gasteiger partial charge in [-0.3, -0.25) is 4.79 Å². The Morgan fingerprint density at radius 3 is 2.68 bits per heavy atom. The summed E-state index contributed by atoms with van der Waals surface area (Å²) in [6.07, 6.45) is 3.03. The van der Waals surface area contributed by atoms with Crippen LogP contribution in [0.25, 0.3) is 17.0 Å². The van der Waals surface area contributed by atoms with Crippen molar-refractivity contribution < 1.29 is 13.9 Å². The van der Waals surface area contributed by atoms with Gasteiger partial charge in [-0.05, 0) is 42.8 Å². The lowest BCUT2D eigenvalue weighted by Gasteiger charge is -2.06. The Balaban J connectivity index is 1.95. The van der Waals surface area contributed by atoms with Crippen molar-refractivity contribution in [1.82, 2.24) is 0 Å². The number of benzene rings is 2. The number of ketones is 1. The average molecular weight is 399 g/mol. The quantitative estimate of drug-likeness (QED) is 0.350. The van der Waals surface area contributed by atoms with Crippen LogP contribution < -0.4 is 10.4 Å². The first-order chi connectivity index (χ1) is 12.1. The molecule has 0 aliphatic heterocycles. The zero-order valence-corrected chi connectivity index (χ0v) is 15.1. The number of carbonyl (C=O) groups is 1. The smallest absolute Gasteiger partial charge is 0.347 e. The van der Waals surface area contributed by atoms with Gasteiger partial charge in [0.05, 0.1) is 6.61 Å². The minimum atomic E-state index is -0.676. The van der Waals surface area contributed by atoms with E-state index in [0.29, 0.717) is 23.3 Å². The molecule has 0 aliphatic carbocycles. The standard InChI is InChI=1S/C20H15BrO4/c1-2-24-18-5-3-4-14-12-16(20(23)25-19(14)18)17(22)11-8-13-6-9-15(21)10-7-13/h3-12H,2H2,1H3/b11-8+. The highest BCUT2D eigenvalue weighted by atomic mass is 79.9.